The molecule has 36 heavy (non-hydrogen) atoms. The predicted octanol–water partition coefficient (Wildman–Crippen LogP) is 6.66. The highest BCUT2D eigenvalue weighted by Crippen LogP contribution is 2.50. The Kier molecular flexibility index (Phi) is 7.38. The first kappa shape index (κ1) is 25.0. The maximum Gasteiger partial charge on any atom is 0.249 e. The van der Waals surface area contributed by atoms with Crippen LogP contribution in [0.2, 0.25) is 0 Å². The van der Waals surface area contributed by atoms with E-state index in [9.17, 15) is 10.4 Å². The molecular formula is C19H17N13OS3. The van der Waals surface area contributed by atoms with Crippen LogP contribution < -0.4 is 4.90 Å². The molecule has 182 valence electrons. The predicted molar refractivity (Wildman–Crippen MR) is 136 cm³/mol. The molecule has 14 nitrogen and oxygen atoms in total. The number of nitriles is 1. The summed E-state index contributed by atoms with van der Waals surface area (Å²) >= 11 is 3.20. The van der Waals surface area contributed by atoms with Crippen LogP contribution in [0.1, 0.15) is 22.9 Å². The second kappa shape index (κ2) is 10.6. The third-order valence-electron chi connectivity index (χ3n) is 4.37. The van der Waals surface area contributed by atoms with Crippen LogP contribution in [0.15, 0.2) is 36.8 Å². The molecule has 0 unspecified atom stereocenters. The Labute approximate surface area is 217 Å². The zero-order valence-corrected chi connectivity index (χ0v) is 22.0. The molecule has 1 aromatic carbocycles. The number of hydrogen-bond donors (Lipinski definition) is 1. The van der Waals surface area contributed by atoms with Crippen molar-refractivity contribution in [1.82, 2.24) is 23.1 Å². The Morgan fingerprint density at radius 1 is 0.833 bits per heavy atom. The van der Waals surface area contributed by atoms with E-state index in [4.69, 9.17) is 0 Å². The average Bonchev–Trinajstić information content (AvgIpc) is 3.55. The maximum atomic E-state index is 11.1. The molecule has 3 aromatic heterocycles. The van der Waals surface area contributed by atoms with Gasteiger partial charge in [0.05, 0.1) is 11.4 Å². The van der Waals surface area contributed by atoms with Crippen LogP contribution in [0, 0.1) is 32.1 Å². The van der Waals surface area contributed by atoms with Crippen LogP contribution in [0.25, 0.3) is 0 Å². The lowest BCUT2D eigenvalue weighted by molar-refractivity contribution is 0.477. The zero-order valence-electron chi connectivity index (χ0n) is 19.6. The first-order valence-electron chi connectivity index (χ1n) is 10.1. The van der Waals surface area contributed by atoms with Gasteiger partial charge in [0.1, 0.15) is 34.7 Å². The van der Waals surface area contributed by atoms with Gasteiger partial charge in [0.2, 0.25) is 10.3 Å². The average molecular weight is 540 g/mol. The smallest absolute Gasteiger partial charge is 0.249 e. The van der Waals surface area contributed by atoms with Gasteiger partial charge in [0.15, 0.2) is 16.4 Å². The van der Waals surface area contributed by atoms with Gasteiger partial charge in [-0.3, -0.25) is 0 Å². The number of azo groups is 3. The first-order chi connectivity index (χ1) is 17.3. The van der Waals surface area contributed by atoms with Crippen LogP contribution in [0.5, 0.6) is 5.75 Å². The van der Waals surface area contributed by atoms with Gasteiger partial charge in [-0.2, -0.15) is 18.4 Å². The summed E-state index contributed by atoms with van der Waals surface area (Å²) in [7, 11) is 3.52. The molecule has 0 fully saturated rings. The number of aromatic nitrogens is 5. The number of phenols is 1. The standard InChI is InChI=1S/C19H17N13OS3/c1-8-11(7-20)17(34-29-8)26-24-13-6-12(23-27-18-21-9(2)30-35-18)15(32(4)5)14(16(13)33)25-28-19-22-10(3)31-36-19/h6,33H,1-5H3/b26-24+,27-23+,28-25+. The van der Waals surface area contributed by atoms with Crippen LogP contribution in [-0.4, -0.2) is 42.3 Å². The van der Waals surface area contributed by atoms with Crippen LogP contribution in [0.3, 0.4) is 0 Å². The summed E-state index contributed by atoms with van der Waals surface area (Å²) in [4.78, 5) is 10.1. The van der Waals surface area contributed by atoms with E-state index in [-0.39, 0.29) is 17.1 Å². The fourth-order valence-electron chi connectivity index (χ4n) is 2.81. The highest BCUT2D eigenvalue weighted by atomic mass is 32.1. The SMILES string of the molecule is Cc1nsc(/N=N/c2cc(/N=N/c3snc(C)c3C#N)c(O)c(/N=N/c3nc(C)ns3)c2N(C)C)n1. The van der Waals surface area contributed by atoms with Crippen molar-refractivity contribution in [3.63, 3.8) is 0 Å². The van der Waals surface area contributed by atoms with Crippen LogP contribution in [-0.2, 0) is 0 Å². The largest absolute Gasteiger partial charge is 0.504 e. The van der Waals surface area contributed by atoms with Crippen molar-refractivity contribution in [2.75, 3.05) is 19.0 Å². The van der Waals surface area contributed by atoms with Gasteiger partial charge in [-0.1, -0.05) is 0 Å². The van der Waals surface area contributed by atoms with Crippen molar-refractivity contribution in [2.24, 2.45) is 30.7 Å². The van der Waals surface area contributed by atoms with E-state index < -0.39 is 0 Å². The van der Waals surface area contributed by atoms with E-state index in [2.05, 4.69) is 59.8 Å². The minimum atomic E-state index is -0.294. The summed E-state index contributed by atoms with van der Waals surface area (Å²) in [5, 5.41) is 46.6. The number of aryl methyl sites for hydroxylation is 3. The topological polar surface area (TPSA) is 186 Å². The van der Waals surface area contributed by atoms with Gasteiger partial charge in [-0.05, 0) is 38.4 Å². The van der Waals surface area contributed by atoms with Crippen molar-refractivity contribution in [1.29, 1.82) is 5.26 Å². The molecule has 0 aliphatic carbocycles. The Morgan fingerprint density at radius 2 is 1.44 bits per heavy atom. The number of rotatable bonds is 7. The highest BCUT2D eigenvalue weighted by molar-refractivity contribution is 7.10. The number of nitrogens with zero attached hydrogens (tertiary/aromatic N) is 13. The minimum absolute atomic E-state index is 0.0420. The molecule has 4 rings (SSSR count). The van der Waals surface area contributed by atoms with E-state index >= 15 is 0 Å². The Balaban J connectivity index is 1.86. The first-order valence-corrected chi connectivity index (χ1v) is 12.4. The van der Waals surface area contributed by atoms with E-state index in [0.29, 0.717) is 49.5 Å². The third kappa shape index (κ3) is 5.40. The number of anilines is 1. The van der Waals surface area contributed by atoms with Gasteiger partial charge in [-0.25, -0.2) is 9.97 Å². The molecular weight excluding hydrogens is 523 g/mol. The van der Waals surface area contributed by atoms with Gasteiger partial charge >= 0.3 is 0 Å². The number of aromatic hydroxyl groups is 1. The summed E-state index contributed by atoms with van der Waals surface area (Å²) < 4.78 is 12.3. The van der Waals surface area contributed by atoms with Crippen molar-refractivity contribution in [3.05, 3.63) is 29.0 Å². The molecule has 0 aliphatic rings. The number of benzene rings is 1. The second-order valence-corrected chi connectivity index (χ2v) is 9.48. The quantitative estimate of drug-likeness (QED) is 0.252. The lowest BCUT2D eigenvalue weighted by atomic mass is 10.1. The third-order valence-corrected chi connectivity index (χ3v) is 6.58. The van der Waals surface area contributed by atoms with Crippen LogP contribution >= 0.6 is 34.6 Å². The summed E-state index contributed by atoms with van der Waals surface area (Å²) in [6, 6.07) is 3.56. The lowest BCUT2D eigenvalue weighted by Crippen LogP contribution is -2.09. The highest BCUT2D eigenvalue weighted by Gasteiger charge is 2.21. The minimum Gasteiger partial charge on any atom is -0.504 e. The molecule has 0 saturated carbocycles. The molecule has 0 saturated heterocycles. The molecule has 4 aromatic rings. The molecule has 0 amide bonds. The van der Waals surface area contributed by atoms with Crippen molar-refractivity contribution in [2.45, 2.75) is 20.8 Å². The van der Waals surface area contributed by atoms with E-state index in [1.54, 1.807) is 39.8 Å². The van der Waals surface area contributed by atoms with Gasteiger partial charge in [0, 0.05) is 37.2 Å². The maximum absolute atomic E-state index is 11.1. The molecule has 0 radical (unpaired) electrons. The molecule has 0 spiro atoms. The van der Waals surface area contributed by atoms with Gasteiger partial charge in [0.25, 0.3) is 0 Å². The van der Waals surface area contributed by atoms with E-state index in [1.807, 2.05) is 0 Å². The Morgan fingerprint density at radius 3 is 2.00 bits per heavy atom. The van der Waals surface area contributed by atoms with E-state index in [1.165, 1.54) is 6.07 Å². The summed E-state index contributed by atoms with van der Waals surface area (Å²) in [6.45, 7) is 5.20. The van der Waals surface area contributed by atoms with Crippen molar-refractivity contribution < 1.29 is 5.11 Å². The summed E-state index contributed by atoms with van der Waals surface area (Å²) in [6.07, 6.45) is 0. The van der Waals surface area contributed by atoms with Crippen molar-refractivity contribution >= 4 is 72.6 Å². The van der Waals surface area contributed by atoms with Crippen LogP contribution in [0.4, 0.5) is 38.0 Å². The van der Waals surface area contributed by atoms with Gasteiger partial charge in [-0.15, -0.1) is 30.7 Å². The Bertz CT molecular complexity index is 1540. The Hall–Kier alpha value is -4.14. The summed E-state index contributed by atoms with van der Waals surface area (Å²) in [5.74, 6) is 0.846. The molecule has 3 heterocycles. The van der Waals surface area contributed by atoms with Gasteiger partial charge < -0.3 is 10.0 Å². The van der Waals surface area contributed by atoms with E-state index in [0.717, 1.165) is 34.6 Å². The monoisotopic (exact) mass is 539 g/mol. The zero-order chi connectivity index (χ0) is 25.8. The number of hydrogen-bond acceptors (Lipinski definition) is 17. The fraction of sp³-hybridized carbons (Fsp3) is 0.263. The van der Waals surface area contributed by atoms with Crippen molar-refractivity contribution in [3.8, 4) is 11.8 Å². The number of phenolic OH excluding ortho intramolecular Hbond substituents is 1. The second-order valence-electron chi connectivity index (χ2n) is 7.26. The molecule has 0 bridgehead atoms. The fourth-order valence-corrected chi connectivity index (χ4v) is 4.49. The molecule has 1 N–H and O–H groups in total. The lowest BCUT2D eigenvalue weighted by Gasteiger charge is -2.18. The molecule has 17 heteroatoms. The summed E-state index contributed by atoms with van der Waals surface area (Å²) in [5.41, 5.74) is 1.72. The molecule has 0 aliphatic heterocycles. The normalized spacial score (nSPS) is 11.8. The molecule has 0 atom stereocenters.